The largest absolute Gasteiger partial charge is 0.379 e. The zero-order valence-electron chi connectivity index (χ0n) is 12.9. The van der Waals surface area contributed by atoms with Gasteiger partial charge in [0.05, 0.1) is 33.0 Å². The fourth-order valence-corrected chi connectivity index (χ4v) is 1.70. The van der Waals surface area contributed by atoms with Crippen molar-refractivity contribution in [3.63, 3.8) is 0 Å². The van der Waals surface area contributed by atoms with Gasteiger partial charge < -0.3 is 19.5 Å². The predicted octanol–water partition coefficient (Wildman–Crippen LogP) is 2.62. The molecule has 0 bridgehead atoms. The molecule has 0 atom stereocenters. The molecule has 4 nitrogen and oxygen atoms in total. The van der Waals surface area contributed by atoms with Crippen molar-refractivity contribution in [2.24, 2.45) is 0 Å². The first-order valence-electron chi connectivity index (χ1n) is 7.79. The van der Waals surface area contributed by atoms with Gasteiger partial charge in [0.25, 0.3) is 0 Å². The van der Waals surface area contributed by atoms with Gasteiger partial charge in [-0.15, -0.1) is 0 Å². The minimum absolute atomic E-state index is 0.657. The van der Waals surface area contributed by atoms with Gasteiger partial charge in [0.15, 0.2) is 0 Å². The monoisotopic (exact) mass is 275 g/mol. The molecule has 0 aromatic rings. The predicted molar refractivity (Wildman–Crippen MR) is 79.8 cm³/mol. The van der Waals surface area contributed by atoms with Crippen LogP contribution in [0, 0.1) is 0 Å². The van der Waals surface area contributed by atoms with Crippen LogP contribution in [-0.4, -0.2) is 53.2 Å². The van der Waals surface area contributed by atoms with E-state index in [1.807, 2.05) is 7.05 Å². The van der Waals surface area contributed by atoms with Crippen molar-refractivity contribution in [3.05, 3.63) is 0 Å². The van der Waals surface area contributed by atoms with Crippen LogP contribution in [0.25, 0.3) is 0 Å². The van der Waals surface area contributed by atoms with Gasteiger partial charge in [-0.05, 0) is 13.5 Å². The van der Waals surface area contributed by atoms with Gasteiger partial charge in [0.1, 0.15) is 0 Å². The number of hydrogen-bond donors (Lipinski definition) is 1. The summed E-state index contributed by atoms with van der Waals surface area (Å²) in [4.78, 5) is 0. The van der Waals surface area contributed by atoms with Gasteiger partial charge in [0.2, 0.25) is 0 Å². The highest BCUT2D eigenvalue weighted by Gasteiger charge is 1.93. The Bertz CT molecular complexity index is 140. The highest BCUT2D eigenvalue weighted by atomic mass is 16.5. The van der Waals surface area contributed by atoms with Crippen molar-refractivity contribution < 1.29 is 14.2 Å². The van der Waals surface area contributed by atoms with E-state index >= 15 is 0 Å². The maximum absolute atomic E-state index is 5.51. The molecule has 0 fully saturated rings. The molecule has 0 rings (SSSR count). The average Bonchev–Trinajstić information content (AvgIpc) is 2.43. The van der Waals surface area contributed by atoms with E-state index in [2.05, 4.69) is 12.2 Å². The average molecular weight is 275 g/mol. The molecule has 0 aromatic carbocycles. The van der Waals surface area contributed by atoms with Crippen molar-refractivity contribution in [1.29, 1.82) is 0 Å². The quantitative estimate of drug-likeness (QED) is 0.440. The highest BCUT2D eigenvalue weighted by molar-refractivity contribution is 4.43. The zero-order valence-corrected chi connectivity index (χ0v) is 12.9. The third-order valence-corrected chi connectivity index (χ3v) is 2.88. The zero-order chi connectivity index (χ0) is 14.0. The van der Waals surface area contributed by atoms with Gasteiger partial charge >= 0.3 is 0 Å². The molecule has 0 saturated carbocycles. The van der Waals surface area contributed by atoms with E-state index in [1.54, 1.807) is 0 Å². The third-order valence-electron chi connectivity index (χ3n) is 2.88. The number of unbranched alkanes of at least 4 members (excludes halogenated alkanes) is 5. The summed E-state index contributed by atoms with van der Waals surface area (Å²) in [6.07, 6.45) is 7.86. The second-order valence-electron chi connectivity index (χ2n) is 4.71. The van der Waals surface area contributed by atoms with E-state index in [9.17, 15) is 0 Å². The number of hydrogen-bond acceptors (Lipinski definition) is 4. The summed E-state index contributed by atoms with van der Waals surface area (Å²) in [6, 6.07) is 0. The molecule has 19 heavy (non-hydrogen) atoms. The Balaban J connectivity index is 2.88. The molecule has 0 aromatic heterocycles. The van der Waals surface area contributed by atoms with Crippen molar-refractivity contribution in [1.82, 2.24) is 5.32 Å². The Hall–Kier alpha value is -0.160. The maximum atomic E-state index is 5.51. The molecular weight excluding hydrogens is 242 g/mol. The van der Waals surface area contributed by atoms with Gasteiger partial charge in [-0.2, -0.15) is 0 Å². The molecule has 1 N–H and O–H groups in total. The van der Waals surface area contributed by atoms with Crippen LogP contribution in [0.1, 0.15) is 45.4 Å². The van der Waals surface area contributed by atoms with Crippen LogP contribution >= 0.6 is 0 Å². The summed E-state index contributed by atoms with van der Waals surface area (Å²) in [6.45, 7) is 7.44. The van der Waals surface area contributed by atoms with Crippen molar-refractivity contribution in [2.75, 3.05) is 53.2 Å². The number of ether oxygens (including phenoxy) is 3. The molecule has 0 aliphatic rings. The smallest absolute Gasteiger partial charge is 0.0701 e. The lowest BCUT2D eigenvalue weighted by atomic mass is 10.1. The summed E-state index contributed by atoms with van der Waals surface area (Å²) < 4.78 is 16.3. The standard InChI is InChI=1S/C15H33NO3/c1-3-4-5-6-7-8-10-17-12-14-19-15-13-18-11-9-16-2/h16H,3-15H2,1-2H3. The van der Waals surface area contributed by atoms with E-state index < -0.39 is 0 Å². The fourth-order valence-electron chi connectivity index (χ4n) is 1.70. The van der Waals surface area contributed by atoms with Gasteiger partial charge in [0, 0.05) is 13.2 Å². The molecule has 0 unspecified atom stereocenters. The molecule has 0 aliphatic heterocycles. The Morgan fingerprint density at radius 2 is 1.16 bits per heavy atom. The molecule has 0 aliphatic carbocycles. The molecule has 4 heteroatoms. The Kier molecular flexibility index (Phi) is 17.7. The number of rotatable bonds is 16. The first-order valence-corrected chi connectivity index (χ1v) is 7.79. The summed E-state index contributed by atoms with van der Waals surface area (Å²) in [5.41, 5.74) is 0. The van der Waals surface area contributed by atoms with Gasteiger partial charge in [-0.3, -0.25) is 0 Å². The second kappa shape index (κ2) is 17.8. The first kappa shape index (κ1) is 18.8. The normalized spacial score (nSPS) is 11.1. The minimum Gasteiger partial charge on any atom is -0.379 e. The Labute approximate surface area is 119 Å². The van der Waals surface area contributed by atoms with Crippen LogP contribution < -0.4 is 5.32 Å². The minimum atomic E-state index is 0.657. The topological polar surface area (TPSA) is 39.7 Å². The summed E-state index contributed by atoms with van der Waals surface area (Å²) >= 11 is 0. The highest BCUT2D eigenvalue weighted by Crippen LogP contribution is 2.04. The van der Waals surface area contributed by atoms with Gasteiger partial charge in [-0.1, -0.05) is 39.0 Å². The van der Waals surface area contributed by atoms with Crippen LogP contribution in [0.3, 0.4) is 0 Å². The van der Waals surface area contributed by atoms with Crippen LogP contribution in [0.2, 0.25) is 0 Å². The SMILES string of the molecule is CCCCCCCCOCCOCCOCCNC. The summed E-state index contributed by atoms with van der Waals surface area (Å²) in [5.74, 6) is 0. The number of nitrogens with one attached hydrogen (secondary N) is 1. The van der Waals surface area contributed by atoms with Gasteiger partial charge in [-0.25, -0.2) is 0 Å². The van der Waals surface area contributed by atoms with E-state index in [4.69, 9.17) is 14.2 Å². The summed E-state index contributed by atoms with van der Waals surface area (Å²) in [5, 5.41) is 3.03. The van der Waals surface area contributed by atoms with E-state index in [0.29, 0.717) is 26.4 Å². The third kappa shape index (κ3) is 17.8. The Morgan fingerprint density at radius 1 is 0.632 bits per heavy atom. The molecule has 0 heterocycles. The lowest BCUT2D eigenvalue weighted by Crippen LogP contribution is -2.16. The maximum Gasteiger partial charge on any atom is 0.0701 e. The molecule has 116 valence electrons. The lowest BCUT2D eigenvalue weighted by molar-refractivity contribution is 0.0146. The van der Waals surface area contributed by atoms with E-state index in [-0.39, 0.29) is 0 Å². The van der Waals surface area contributed by atoms with Crippen LogP contribution in [0.4, 0.5) is 0 Å². The van der Waals surface area contributed by atoms with Crippen LogP contribution in [-0.2, 0) is 14.2 Å². The van der Waals surface area contributed by atoms with Crippen molar-refractivity contribution in [2.45, 2.75) is 45.4 Å². The molecule has 0 spiro atoms. The van der Waals surface area contributed by atoms with E-state index in [1.165, 1.54) is 38.5 Å². The summed E-state index contributed by atoms with van der Waals surface area (Å²) in [7, 11) is 1.92. The molecule has 0 radical (unpaired) electrons. The second-order valence-corrected chi connectivity index (χ2v) is 4.71. The van der Waals surface area contributed by atoms with Crippen LogP contribution in [0.5, 0.6) is 0 Å². The first-order chi connectivity index (χ1) is 9.41. The Morgan fingerprint density at radius 3 is 1.79 bits per heavy atom. The number of likely N-dealkylation sites (N-methyl/N-ethyl adjacent to an activating group) is 1. The molecular formula is C15H33NO3. The van der Waals surface area contributed by atoms with Crippen molar-refractivity contribution >= 4 is 0 Å². The van der Waals surface area contributed by atoms with E-state index in [0.717, 1.165) is 19.8 Å². The fraction of sp³-hybridized carbons (Fsp3) is 1.00. The van der Waals surface area contributed by atoms with Crippen LogP contribution in [0.15, 0.2) is 0 Å². The molecule has 0 amide bonds. The van der Waals surface area contributed by atoms with Crippen molar-refractivity contribution in [3.8, 4) is 0 Å². The lowest BCUT2D eigenvalue weighted by Gasteiger charge is -2.06. The molecule has 0 saturated heterocycles.